The highest BCUT2D eigenvalue weighted by molar-refractivity contribution is 5.97. The lowest BCUT2D eigenvalue weighted by Gasteiger charge is -2.26. The van der Waals surface area contributed by atoms with Crippen LogP contribution in [0.5, 0.6) is 0 Å². The highest BCUT2D eigenvalue weighted by atomic mass is 19.1. The van der Waals surface area contributed by atoms with Gasteiger partial charge < -0.3 is 15.7 Å². The number of amides is 1. The highest BCUT2D eigenvalue weighted by Gasteiger charge is 2.20. The summed E-state index contributed by atoms with van der Waals surface area (Å²) in [6, 6.07) is 10.1. The number of aliphatic hydroxyl groups is 1. The van der Waals surface area contributed by atoms with Crippen molar-refractivity contribution in [3.63, 3.8) is 0 Å². The number of halogens is 1. The zero-order chi connectivity index (χ0) is 21.1. The van der Waals surface area contributed by atoms with Crippen LogP contribution in [0.2, 0.25) is 0 Å². The zero-order valence-electron chi connectivity index (χ0n) is 16.9. The molecule has 1 fully saturated rings. The number of aromatic nitrogens is 2. The van der Waals surface area contributed by atoms with Gasteiger partial charge in [0, 0.05) is 29.7 Å². The van der Waals surface area contributed by atoms with E-state index < -0.39 is 0 Å². The molecule has 6 nitrogen and oxygen atoms in total. The predicted octanol–water partition coefficient (Wildman–Crippen LogP) is 3.72. The van der Waals surface area contributed by atoms with E-state index in [1.807, 2.05) is 13.0 Å². The van der Waals surface area contributed by atoms with Gasteiger partial charge in [0.1, 0.15) is 5.82 Å². The largest absolute Gasteiger partial charge is 0.393 e. The van der Waals surface area contributed by atoms with Gasteiger partial charge in [-0.3, -0.25) is 4.79 Å². The molecule has 0 spiro atoms. The first kappa shape index (κ1) is 20.2. The fraction of sp³-hybridized carbons (Fsp3) is 0.348. The van der Waals surface area contributed by atoms with Crippen LogP contribution in [0.15, 0.2) is 42.6 Å². The Kier molecular flexibility index (Phi) is 5.90. The number of aliphatic hydroxyl groups excluding tert-OH is 1. The van der Waals surface area contributed by atoms with E-state index in [-0.39, 0.29) is 23.9 Å². The second-order valence-electron chi connectivity index (χ2n) is 7.87. The van der Waals surface area contributed by atoms with E-state index in [0.29, 0.717) is 23.6 Å². The number of hydrogen-bond donors (Lipinski definition) is 3. The number of rotatable bonds is 5. The monoisotopic (exact) mass is 408 g/mol. The van der Waals surface area contributed by atoms with Crippen LogP contribution < -0.4 is 10.6 Å². The zero-order valence-corrected chi connectivity index (χ0v) is 16.9. The maximum absolute atomic E-state index is 13.2. The van der Waals surface area contributed by atoms with E-state index in [1.165, 1.54) is 12.1 Å². The van der Waals surface area contributed by atoms with Crippen molar-refractivity contribution in [2.45, 2.75) is 51.3 Å². The number of anilines is 1. The predicted molar refractivity (Wildman–Crippen MR) is 114 cm³/mol. The third-order valence-electron chi connectivity index (χ3n) is 5.62. The molecule has 3 N–H and O–H groups in total. The number of fused-ring (bicyclic) bond motifs is 1. The molecule has 156 valence electrons. The Bertz CT molecular complexity index is 1060. The van der Waals surface area contributed by atoms with E-state index in [4.69, 9.17) is 0 Å². The number of hydrogen-bond acceptors (Lipinski definition) is 5. The summed E-state index contributed by atoms with van der Waals surface area (Å²) in [4.78, 5) is 21.5. The minimum Gasteiger partial charge on any atom is -0.393 e. The molecule has 0 unspecified atom stereocenters. The van der Waals surface area contributed by atoms with Gasteiger partial charge >= 0.3 is 0 Å². The number of carbonyl (C=O) groups excluding carboxylic acids is 1. The summed E-state index contributed by atoms with van der Waals surface area (Å²) in [6.45, 7) is 2.14. The minimum absolute atomic E-state index is 0.208. The standard InChI is InChI=1S/C23H25FN4O2/c1-14-10-18(24)5-4-16(14)12-25-22(30)15-2-3-17-13-26-23(28-21(17)11-15)27-19-6-8-20(29)9-7-19/h2-5,10-11,13,19-20,29H,6-9,12H2,1H3,(H,25,30)(H,26,27,28)/t19-,20-. The van der Waals surface area contributed by atoms with E-state index in [1.54, 1.807) is 24.4 Å². The first-order valence-corrected chi connectivity index (χ1v) is 10.2. The smallest absolute Gasteiger partial charge is 0.251 e. The lowest BCUT2D eigenvalue weighted by Crippen LogP contribution is -2.28. The molecule has 2 aromatic carbocycles. The summed E-state index contributed by atoms with van der Waals surface area (Å²) >= 11 is 0. The van der Waals surface area contributed by atoms with Gasteiger partial charge in [0.2, 0.25) is 5.95 Å². The molecule has 7 heteroatoms. The van der Waals surface area contributed by atoms with Gasteiger partial charge in [-0.15, -0.1) is 0 Å². The number of aryl methyl sites for hydroxylation is 1. The molecule has 3 aromatic rings. The molecule has 4 rings (SSSR count). The molecule has 0 bridgehead atoms. The second-order valence-corrected chi connectivity index (χ2v) is 7.87. The summed E-state index contributed by atoms with van der Waals surface area (Å²) in [5.41, 5.74) is 2.87. The minimum atomic E-state index is -0.286. The SMILES string of the molecule is Cc1cc(F)ccc1CNC(=O)c1ccc2cnc(N[C@H]3CC[C@H](O)CC3)nc2c1. The molecule has 1 aliphatic carbocycles. The van der Waals surface area contributed by atoms with E-state index in [0.717, 1.165) is 42.2 Å². The van der Waals surface area contributed by atoms with Crippen molar-refractivity contribution in [1.82, 2.24) is 15.3 Å². The Hall–Kier alpha value is -3.06. The van der Waals surface area contributed by atoms with Crippen LogP contribution in [0.3, 0.4) is 0 Å². The summed E-state index contributed by atoms with van der Waals surface area (Å²) in [5, 5.41) is 16.7. The quantitative estimate of drug-likeness (QED) is 0.599. The fourth-order valence-corrected chi connectivity index (χ4v) is 3.77. The van der Waals surface area contributed by atoms with Crippen LogP contribution in [-0.2, 0) is 6.54 Å². The molecule has 0 saturated heterocycles. The molecule has 0 radical (unpaired) electrons. The Labute approximate surface area is 174 Å². The lowest BCUT2D eigenvalue weighted by atomic mass is 9.93. The lowest BCUT2D eigenvalue weighted by molar-refractivity contribution is 0.0951. The van der Waals surface area contributed by atoms with Gasteiger partial charge in [-0.05, 0) is 68.0 Å². The molecular formula is C23H25FN4O2. The molecule has 1 amide bonds. The Morgan fingerprint density at radius 2 is 1.97 bits per heavy atom. The van der Waals surface area contributed by atoms with Gasteiger partial charge in [-0.2, -0.15) is 0 Å². The molecule has 30 heavy (non-hydrogen) atoms. The van der Waals surface area contributed by atoms with Crippen molar-refractivity contribution in [3.8, 4) is 0 Å². The normalized spacial score (nSPS) is 18.9. The molecule has 1 aliphatic rings. The van der Waals surface area contributed by atoms with Crippen molar-refractivity contribution >= 4 is 22.8 Å². The first-order chi connectivity index (χ1) is 14.5. The first-order valence-electron chi connectivity index (χ1n) is 10.2. The van der Waals surface area contributed by atoms with Crippen LogP contribution in [0.4, 0.5) is 10.3 Å². The van der Waals surface area contributed by atoms with Crippen molar-refractivity contribution in [1.29, 1.82) is 0 Å². The topological polar surface area (TPSA) is 87.1 Å². The van der Waals surface area contributed by atoms with Crippen molar-refractivity contribution in [2.24, 2.45) is 0 Å². The molecule has 1 saturated carbocycles. The summed E-state index contributed by atoms with van der Waals surface area (Å²) in [6.07, 6.45) is 4.86. The number of benzene rings is 2. The van der Waals surface area contributed by atoms with E-state index in [2.05, 4.69) is 20.6 Å². The van der Waals surface area contributed by atoms with Crippen molar-refractivity contribution in [2.75, 3.05) is 5.32 Å². The summed E-state index contributed by atoms with van der Waals surface area (Å²) in [7, 11) is 0. The van der Waals surface area contributed by atoms with Gasteiger partial charge in [0.15, 0.2) is 0 Å². The Morgan fingerprint density at radius 1 is 1.17 bits per heavy atom. The van der Waals surface area contributed by atoms with Crippen LogP contribution >= 0.6 is 0 Å². The molecule has 0 aliphatic heterocycles. The van der Waals surface area contributed by atoms with E-state index in [9.17, 15) is 14.3 Å². The third kappa shape index (κ3) is 4.74. The van der Waals surface area contributed by atoms with Gasteiger partial charge in [0.25, 0.3) is 5.91 Å². The maximum Gasteiger partial charge on any atom is 0.251 e. The Balaban J connectivity index is 1.45. The van der Waals surface area contributed by atoms with E-state index >= 15 is 0 Å². The van der Waals surface area contributed by atoms with Gasteiger partial charge in [-0.25, -0.2) is 14.4 Å². The Morgan fingerprint density at radius 3 is 2.73 bits per heavy atom. The van der Waals surface area contributed by atoms with Crippen molar-refractivity contribution in [3.05, 3.63) is 65.1 Å². The summed E-state index contributed by atoms with van der Waals surface area (Å²) in [5.74, 6) is 0.0315. The van der Waals surface area contributed by atoms with Gasteiger partial charge in [-0.1, -0.05) is 12.1 Å². The summed E-state index contributed by atoms with van der Waals surface area (Å²) < 4.78 is 13.2. The molecule has 1 heterocycles. The number of nitrogens with one attached hydrogen (secondary N) is 2. The number of carbonyl (C=O) groups is 1. The van der Waals surface area contributed by atoms with Gasteiger partial charge in [0.05, 0.1) is 11.6 Å². The van der Waals surface area contributed by atoms with Crippen LogP contribution in [0.25, 0.3) is 10.9 Å². The molecule has 1 aromatic heterocycles. The number of nitrogens with zero attached hydrogens (tertiary/aromatic N) is 2. The maximum atomic E-state index is 13.2. The van der Waals surface area contributed by atoms with Crippen LogP contribution in [-0.4, -0.2) is 33.1 Å². The molecular weight excluding hydrogens is 383 g/mol. The average molecular weight is 408 g/mol. The highest BCUT2D eigenvalue weighted by Crippen LogP contribution is 2.22. The van der Waals surface area contributed by atoms with Crippen molar-refractivity contribution < 1.29 is 14.3 Å². The average Bonchev–Trinajstić information content (AvgIpc) is 2.74. The third-order valence-corrected chi connectivity index (χ3v) is 5.62. The fourth-order valence-electron chi connectivity index (χ4n) is 3.77. The van der Waals surface area contributed by atoms with Crippen LogP contribution in [0, 0.1) is 12.7 Å². The second kappa shape index (κ2) is 8.75. The van der Waals surface area contributed by atoms with Crippen LogP contribution in [0.1, 0.15) is 47.2 Å². The molecule has 0 atom stereocenters.